The van der Waals surface area contributed by atoms with Crippen LogP contribution in [0.15, 0.2) is 0 Å². The minimum atomic E-state index is -4.48. The Morgan fingerprint density at radius 1 is 1.25 bits per heavy atom. The molecule has 2 atom stereocenters. The number of rotatable bonds is 5. The van der Waals surface area contributed by atoms with Crippen molar-refractivity contribution < 1.29 is 32.7 Å². The quantitative estimate of drug-likeness (QED) is 0.818. The van der Waals surface area contributed by atoms with E-state index >= 15 is 0 Å². The van der Waals surface area contributed by atoms with E-state index in [9.17, 15) is 27.6 Å². The summed E-state index contributed by atoms with van der Waals surface area (Å²) in [4.78, 5) is 37.3. The number of hydrogen-bond acceptors (Lipinski definition) is 3. The Hall–Kier alpha value is -1.80. The lowest BCUT2D eigenvalue weighted by Crippen LogP contribution is -2.47. The summed E-state index contributed by atoms with van der Waals surface area (Å²) >= 11 is 0. The van der Waals surface area contributed by atoms with Gasteiger partial charge < -0.3 is 14.9 Å². The zero-order valence-electron chi connectivity index (χ0n) is 13.2. The molecule has 0 aromatic carbocycles. The Labute approximate surface area is 137 Å². The predicted molar refractivity (Wildman–Crippen MR) is 77.0 cm³/mol. The van der Waals surface area contributed by atoms with Crippen molar-refractivity contribution in [2.24, 2.45) is 5.92 Å². The molecule has 0 saturated carbocycles. The third-order valence-corrected chi connectivity index (χ3v) is 4.54. The molecule has 2 heterocycles. The number of amides is 2. The molecule has 2 fully saturated rings. The molecule has 2 saturated heterocycles. The monoisotopic (exact) mass is 350 g/mol. The second-order valence-electron chi connectivity index (χ2n) is 6.40. The largest absolute Gasteiger partial charge is 0.481 e. The first-order valence-electron chi connectivity index (χ1n) is 8.04. The van der Waals surface area contributed by atoms with Crippen LogP contribution in [-0.2, 0) is 14.4 Å². The van der Waals surface area contributed by atoms with Crippen LogP contribution in [0.25, 0.3) is 0 Å². The Morgan fingerprint density at radius 3 is 2.58 bits per heavy atom. The first-order chi connectivity index (χ1) is 11.2. The van der Waals surface area contributed by atoms with Gasteiger partial charge >= 0.3 is 12.1 Å². The van der Waals surface area contributed by atoms with E-state index in [4.69, 9.17) is 5.11 Å². The SMILES string of the molecule is O=C(O)CC[C@H]1CCCCN1C(=O)[C@@H]1CC(=O)N(CC(F)(F)F)C1. The lowest BCUT2D eigenvalue weighted by molar-refractivity contribution is -0.157. The summed E-state index contributed by atoms with van der Waals surface area (Å²) < 4.78 is 37.4. The van der Waals surface area contributed by atoms with Gasteiger partial charge in [0, 0.05) is 32.0 Å². The molecule has 1 N–H and O–H groups in total. The van der Waals surface area contributed by atoms with Gasteiger partial charge in [-0.3, -0.25) is 14.4 Å². The summed E-state index contributed by atoms with van der Waals surface area (Å²) in [6, 6.07) is -0.214. The van der Waals surface area contributed by atoms with Crippen molar-refractivity contribution >= 4 is 17.8 Å². The van der Waals surface area contributed by atoms with E-state index < -0.39 is 30.5 Å². The average Bonchev–Trinajstić information content (AvgIpc) is 2.84. The number of likely N-dealkylation sites (tertiary alicyclic amines) is 2. The van der Waals surface area contributed by atoms with Crippen LogP contribution in [0.5, 0.6) is 0 Å². The highest BCUT2D eigenvalue weighted by molar-refractivity contribution is 5.89. The van der Waals surface area contributed by atoms with Gasteiger partial charge in [0.05, 0.1) is 5.92 Å². The number of aliphatic carboxylic acids is 1. The fourth-order valence-electron chi connectivity index (χ4n) is 3.42. The van der Waals surface area contributed by atoms with Crippen molar-refractivity contribution in [1.29, 1.82) is 0 Å². The third kappa shape index (κ3) is 4.85. The summed E-state index contributed by atoms with van der Waals surface area (Å²) in [7, 11) is 0. The van der Waals surface area contributed by atoms with Gasteiger partial charge in [0.25, 0.3) is 0 Å². The standard InChI is InChI=1S/C15H21F3N2O4/c16-15(17,18)9-19-8-10(7-12(19)21)14(24)20-6-2-1-3-11(20)4-5-13(22)23/h10-11H,1-9H2,(H,22,23)/t10-,11-/m1/s1. The molecule has 0 aromatic heterocycles. The molecular formula is C15H21F3N2O4. The number of alkyl halides is 3. The predicted octanol–water partition coefficient (Wildman–Crippen LogP) is 1.64. The van der Waals surface area contributed by atoms with E-state index in [1.165, 1.54) is 0 Å². The lowest BCUT2D eigenvalue weighted by atomic mass is 9.95. The highest BCUT2D eigenvalue weighted by Crippen LogP contribution is 2.28. The number of piperidine rings is 1. The van der Waals surface area contributed by atoms with Gasteiger partial charge in [0.2, 0.25) is 11.8 Å². The molecule has 0 radical (unpaired) electrons. The van der Waals surface area contributed by atoms with Crippen molar-refractivity contribution in [2.45, 2.75) is 50.7 Å². The van der Waals surface area contributed by atoms with Crippen LogP contribution in [0.3, 0.4) is 0 Å². The van der Waals surface area contributed by atoms with Gasteiger partial charge in [-0.2, -0.15) is 13.2 Å². The Morgan fingerprint density at radius 2 is 1.96 bits per heavy atom. The van der Waals surface area contributed by atoms with E-state index in [1.54, 1.807) is 4.90 Å². The fourth-order valence-corrected chi connectivity index (χ4v) is 3.42. The van der Waals surface area contributed by atoms with E-state index in [-0.39, 0.29) is 31.3 Å². The zero-order valence-corrected chi connectivity index (χ0v) is 13.2. The molecule has 0 aromatic rings. The Kier molecular flexibility index (Phi) is 5.71. The summed E-state index contributed by atoms with van der Waals surface area (Å²) in [5.41, 5.74) is 0. The minimum absolute atomic E-state index is 0.0573. The van der Waals surface area contributed by atoms with Crippen molar-refractivity contribution in [3.8, 4) is 0 Å². The van der Waals surface area contributed by atoms with Crippen LogP contribution in [0, 0.1) is 5.92 Å². The Balaban J connectivity index is 1.98. The van der Waals surface area contributed by atoms with Crippen LogP contribution in [0.2, 0.25) is 0 Å². The molecule has 0 bridgehead atoms. The second kappa shape index (κ2) is 7.40. The number of carbonyl (C=O) groups excluding carboxylic acids is 2. The Bertz CT molecular complexity index is 509. The topological polar surface area (TPSA) is 77.9 Å². The molecule has 24 heavy (non-hydrogen) atoms. The molecular weight excluding hydrogens is 329 g/mol. The highest BCUT2D eigenvalue weighted by atomic mass is 19.4. The van der Waals surface area contributed by atoms with Crippen molar-refractivity contribution in [1.82, 2.24) is 9.80 Å². The van der Waals surface area contributed by atoms with E-state index in [1.807, 2.05) is 0 Å². The number of carbonyl (C=O) groups is 3. The third-order valence-electron chi connectivity index (χ3n) is 4.54. The number of nitrogens with zero attached hydrogens (tertiary/aromatic N) is 2. The van der Waals surface area contributed by atoms with Gasteiger partial charge in [0.1, 0.15) is 6.54 Å². The average molecular weight is 350 g/mol. The molecule has 0 spiro atoms. The van der Waals surface area contributed by atoms with Crippen LogP contribution < -0.4 is 0 Å². The zero-order chi connectivity index (χ0) is 17.9. The van der Waals surface area contributed by atoms with E-state index in [2.05, 4.69) is 0 Å². The highest BCUT2D eigenvalue weighted by Gasteiger charge is 2.42. The molecule has 2 aliphatic rings. The van der Waals surface area contributed by atoms with Gasteiger partial charge in [-0.25, -0.2) is 0 Å². The normalized spacial score (nSPS) is 25.2. The van der Waals surface area contributed by atoms with E-state index in [0.29, 0.717) is 24.3 Å². The lowest BCUT2D eigenvalue weighted by Gasteiger charge is -2.37. The first-order valence-corrected chi connectivity index (χ1v) is 8.04. The fraction of sp³-hybridized carbons (Fsp3) is 0.800. The second-order valence-corrected chi connectivity index (χ2v) is 6.40. The van der Waals surface area contributed by atoms with Gasteiger partial charge in [0.15, 0.2) is 0 Å². The number of carboxylic acids is 1. The number of halogens is 3. The first kappa shape index (κ1) is 18.5. The van der Waals surface area contributed by atoms with Gasteiger partial charge in [-0.15, -0.1) is 0 Å². The summed E-state index contributed by atoms with van der Waals surface area (Å²) in [6.45, 7) is -1.09. The van der Waals surface area contributed by atoms with E-state index in [0.717, 1.165) is 12.8 Å². The smallest absolute Gasteiger partial charge is 0.406 e. The summed E-state index contributed by atoms with van der Waals surface area (Å²) in [6.07, 6.45) is -2.07. The number of carboxylic acid groups (broad SMARTS) is 1. The molecule has 2 amide bonds. The molecule has 136 valence electrons. The van der Waals surface area contributed by atoms with Crippen LogP contribution in [0.4, 0.5) is 13.2 Å². The molecule has 9 heteroatoms. The minimum Gasteiger partial charge on any atom is -0.481 e. The van der Waals surface area contributed by atoms with Crippen molar-refractivity contribution in [3.05, 3.63) is 0 Å². The van der Waals surface area contributed by atoms with Crippen LogP contribution in [0.1, 0.15) is 38.5 Å². The van der Waals surface area contributed by atoms with Crippen molar-refractivity contribution in [3.63, 3.8) is 0 Å². The maximum absolute atomic E-state index is 12.6. The molecule has 0 unspecified atom stereocenters. The molecule has 6 nitrogen and oxygen atoms in total. The molecule has 0 aliphatic carbocycles. The summed E-state index contributed by atoms with van der Waals surface area (Å²) in [5, 5.41) is 8.80. The van der Waals surface area contributed by atoms with Gasteiger partial charge in [-0.05, 0) is 25.7 Å². The van der Waals surface area contributed by atoms with Crippen molar-refractivity contribution in [2.75, 3.05) is 19.6 Å². The maximum atomic E-state index is 12.6. The molecule has 2 aliphatic heterocycles. The van der Waals surface area contributed by atoms with Gasteiger partial charge in [-0.1, -0.05) is 0 Å². The number of hydrogen-bond donors (Lipinski definition) is 1. The van der Waals surface area contributed by atoms with Crippen LogP contribution in [-0.4, -0.2) is 64.5 Å². The maximum Gasteiger partial charge on any atom is 0.406 e. The summed E-state index contributed by atoms with van der Waals surface area (Å²) in [5.74, 6) is -2.71. The molecule has 2 rings (SSSR count). The van der Waals surface area contributed by atoms with Crippen LogP contribution >= 0.6 is 0 Å².